The molecule has 0 saturated heterocycles. The van der Waals surface area contributed by atoms with Gasteiger partial charge in [-0.1, -0.05) is 0 Å². The molecule has 2 aromatic heterocycles. The van der Waals surface area contributed by atoms with Crippen LogP contribution < -0.4 is 5.32 Å². The largest absolute Gasteiger partial charge is 0.323 e. The van der Waals surface area contributed by atoms with Crippen LogP contribution >= 0.6 is 15.9 Å². The minimum absolute atomic E-state index is 0.567. The minimum atomic E-state index is 0.567. The Morgan fingerprint density at radius 2 is 2.00 bits per heavy atom. The average Bonchev–Trinajstić information content (AvgIpc) is 2.49. The molecule has 0 aliphatic carbocycles. The lowest BCUT2D eigenvalue weighted by molar-refractivity contribution is 1.03. The number of aryl methyl sites for hydroxylation is 2. The summed E-state index contributed by atoms with van der Waals surface area (Å²) in [6.45, 7) is 3.85. The molecule has 0 aromatic carbocycles. The van der Waals surface area contributed by atoms with Gasteiger partial charge in [-0.15, -0.1) is 0 Å². The van der Waals surface area contributed by atoms with Gasteiger partial charge in [0.2, 0.25) is 0 Å². The Hall–Kier alpha value is -1.43. The maximum atomic E-state index is 4.18. The molecule has 0 amide bonds. The molecule has 0 aliphatic heterocycles. The molecule has 0 aliphatic rings. The third-order valence-electron chi connectivity index (χ3n) is 1.79. The van der Waals surface area contributed by atoms with Crippen LogP contribution in [0.5, 0.6) is 0 Å². The Morgan fingerprint density at radius 3 is 2.60 bits per heavy atom. The van der Waals surface area contributed by atoms with Gasteiger partial charge in [-0.25, -0.2) is 9.97 Å². The van der Waals surface area contributed by atoms with E-state index >= 15 is 0 Å². The predicted molar refractivity (Wildman–Crippen MR) is 61.1 cm³/mol. The van der Waals surface area contributed by atoms with E-state index in [1.165, 1.54) is 0 Å². The van der Waals surface area contributed by atoms with Gasteiger partial charge < -0.3 is 5.32 Å². The Balaban J connectivity index is 2.24. The van der Waals surface area contributed by atoms with Gasteiger partial charge in [0.25, 0.3) is 0 Å². The van der Waals surface area contributed by atoms with Gasteiger partial charge in [0, 0.05) is 23.5 Å². The molecule has 0 spiro atoms. The van der Waals surface area contributed by atoms with Crippen molar-refractivity contribution in [2.45, 2.75) is 13.8 Å². The van der Waals surface area contributed by atoms with E-state index in [1.54, 1.807) is 0 Å². The SMILES string of the molecule is Cc1cc(Nc2cc(C)[nH]n2)nc(Br)n1. The molecule has 0 fully saturated rings. The molecule has 6 heteroatoms. The van der Waals surface area contributed by atoms with Gasteiger partial charge in [0.1, 0.15) is 5.82 Å². The van der Waals surface area contributed by atoms with Crippen LogP contribution in [0.1, 0.15) is 11.4 Å². The third kappa shape index (κ3) is 2.53. The smallest absolute Gasteiger partial charge is 0.198 e. The molecule has 2 N–H and O–H groups in total. The van der Waals surface area contributed by atoms with Gasteiger partial charge in [-0.2, -0.15) is 5.10 Å². The van der Waals surface area contributed by atoms with Gasteiger partial charge in [0.05, 0.1) is 0 Å². The summed E-state index contributed by atoms with van der Waals surface area (Å²) in [6, 6.07) is 3.76. The second-order valence-corrected chi connectivity index (χ2v) is 3.93. The molecule has 2 aromatic rings. The Morgan fingerprint density at radius 1 is 1.20 bits per heavy atom. The maximum absolute atomic E-state index is 4.18. The fourth-order valence-corrected chi connectivity index (χ4v) is 1.68. The predicted octanol–water partition coefficient (Wildman–Crippen LogP) is 2.32. The number of anilines is 2. The molecule has 78 valence electrons. The van der Waals surface area contributed by atoms with Gasteiger partial charge in [-0.05, 0) is 29.8 Å². The fourth-order valence-electron chi connectivity index (χ4n) is 1.21. The highest BCUT2D eigenvalue weighted by Gasteiger charge is 2.02. The normalized spacial score (nSPS) is 10.3. The first-order chi connectivity index (χ1) is 7.13. The van der Waals surface area contributed by atoms with Gasteiger partial charge >= 0.3 is 0 Å². The summed E-state index contributed by atoms with van der Waals surface area (Å²) >= 11 is 3.24. The summed E-state index contributed by atoms with van der Waals surface area (Å²) < 4.78 is 0.567. The van der Waals surface area contributed by atoms with Crippen molar-refractivity contribution in [3.8, 4) is 0 Å². The van der Waals surface area contributed by atoms with Crippen LogP contribution in [0.25, 0.3) is 0 Å². The van der Waals surface area contributed by atoms with Crippen LogP contribution in [0.15, 0.2) is 16.9 Å². The van der Waals surface area contributed by atoms with Crippen molar-refractivity contribution < 1.29 is 0 Å². The van der Waals surface area contributed by atoms with E-state index in [2.05, 4.69) is 41.4 Å². The Bertz CT molecular complexity index is 459. The fraction of sp³-hybridized carbons (Fsp3) is 0.222. The zero-order chi connectivity index (χ0) is 10.8. The van der Waals surface area contributed by atoms with Crippen molar-refractivity contribution in [2.24, 2.45) is 0 Å². The third-order valence-corrected chi connectivity index (χ3v) is 2.14. The lowest BCUT2D eigenvalue weighted by Crippen LogP contribution is -1.97. The minimum Gasteiger partial charge on any atom is -0.323 e. The Labute approximate surface area is 95.5 Å². The van der Waals surface area contributed by atoms with Crippen molar-refractivity contribution >= 4 is 27.6 Å². The zero-order valence-corrected chi connectivity index (χ0v) is 9.96. The first kappa shape index (κ1) is 10.1. The van der Waals surface area contributed by atoms with Gasteiger partial charge in [-0.3, -0.25) is 5.10 Å². The molecule has 0 radical (unpaired) electrons. The number of halogens is 1. The summed E-state index contributed by atoms with van der Waals surface area (Å²) in [6.07, 6.45) is 0. The standard InChI is InChI=1S/C9H10BrN5/c1-5-3-7(13-9(10)11-5)12-8-4-6(2)14-15-8/h3-4H,1-2H3,(H2,11,12,13,14,15). The molecule has 15 heavy (non-hydrogen) atoms. The molecular weight excluding hydrogens is 258 g/mol. The second kappa shape index (κ2) is 3.98. The summed E-state index contributed by atoms with van der Waals surface area (Å²) in [5.41, 5.74) is 1.90. The highest BCUT2D eigenvalue weighted by atomic mass is 79.9. The number of hydrogen-bond acceptors (Lipinski definition) is 4. The molecule has 2 heterocycles. The monoisotopic (exact) mass is 267 g/mol. The first-order valence-corrected chi connectivity index (χ1v) is 5.23. The van der Waals surface area contributed by atoms with E-state index < -0.39 is 0 Å². The van der Waals surface area contributed by atoms with Crippen LogP contribution in [-0.4, -0.2) is 20.2 Å². The van der Waals surface area contributed by atoms with E-state index in [0.717, 1.165) is 23.0 Å². The topological polar surface area (TPSA) is 66.5 Å². The number of aromatic amines is 1. The molecule has 5 nitrogen and oxygen atoms in total. The lowest BCUT2D eigenvalue weighted by atomic mass is 10.4. The van der Waals surface area contributed by atoms with Crippen LogP contribution in [0, 0.1) is 13.8 Å². The number of aromatic nitrogens is 4. The number of rotatable bonds is 2. The first-order valence-electron chi connectivity index (χ1n) is 4.44. The van der Waals surface area contributed by atoms with Crippen molar-refractivity contribution in [3.63, 3.8) is 0 Å². The van der Waals surface area contributed by atoms with Gasteiger partial charge in [0.15, 0.2) is 10.6 Å². The van der Waals surface area contributed by atoms with E-state index in [4.69, 9.17) is 0 Å². The van der Waals surface area contributed by atoms with E-state index in [9.17, 15) is 0 Å². The van der Waals surface area contributed by atoms with Crippen LogP contribution in [0.2, 0.25) is 0 Å². The van der Waals surface area contributed by atoms with E-state index in [0.29, 0.717) is 4.73 Å². The summed E-state index contributed by atoms with van der Waals surface area (Å²) in [4.78, 5) is 8.30. The highest BCUT2D eigenvalue weighted by Crippen LogP contribution is 2.15. The molecule has 0 atom stereocenters. The van der Waals surface area contributed by atoms with E-state index in [-0.39, 0.29) is 0 Å². The second-order valence-electron chi connectivity index (χ2n) is 3.22. The van der Waals surface area contributed by atoms with Crippen molar-refractivity contribution in [2.75, 3.05) is 5.32 Å². The number of nitrogens with one attached hydrogen (secondary N) is 2. The lowest BCUT2D eigenvalue weighted by Gasteiger charge is -2.02. The van der Waals surface area contributed by atoms with E-state index in [1.807, 2.05) is 26.0 Å². The highest BCUT2D eigenvalue weighted by molar-refractivity contribution is 9.10. The summed E-state index contributed by atoms with van der Waals surface area (Å²) in [5, 5.41) is 9.99. The summed E-state index contributed by atoms with van der Waals surface area (Å²) in [5.74, 6) is 1.47. The van der Waals surface area contributed by atoms with Crippen molar-refractivity contribution in [1.29, 1.82) is 0 Å². The Kier molecular flexibility index (Phi) is 2.68. The average molecular weight is 268 g/mol. The molecule has 0 bridgehead atoms. The molecule has 0 unspecified atom stereocenters. The number of nitrogens with zero attached hydrogens (tertiary/aromatic N) is 3. The summed E-state index contributed by atoms with van der Waals surface area (Å²) in [7, 11) is 0. The van der Waals surface area contributed by atoms with Crippen molar-refractivity contribution in [3.05, 3.63) is 28.3 Å². The molecule has 0 saturated carbocycles. The van der Waals surface area contributed by atoms with Crippen LogP contribution in [-0.2, 0) is 0 Å². The molecular formula is C9H10BrN5. The number of H-pyrrole nitrogens is 1. The van der Waals surface area contributed by atoms with Crippen molar-refractivity contribution in [1.82, 2.24) is 20.2 Å². The number of hydrogen-bond donors (Lipinski definition) is 2. The quantitative estimate of drug-likeness (QED) is 0.820. The van der Waals surface area contributed by atoms with Crippen LogP contribution in [0.4, 0.5) is 11.6 Å². The zero-order valence-electron chi connectivity index (χ0n) is 8.37. The van der Waals surface area contributed by atoms with Crippen LogP contribution in [0.3, 0.4) is 0 Å². The molecule has 2 rings (SSSR count). The maximum Gasteiger partial charge on any atom is 0.198 e.